The van der Waals surface area contributed by atoms with Crippen molar-refractivity contribution in [1.29, 1.82) is 0 Å². The van der Waals surface area contributed by atoms with Crippen molar-refractivity contribution in [3.63, 3.8) is 0 Å². The van der Waals surface area contributed by atoms with Crippen LogP contribution in [0.15, 0.2) is 264 Å². The first-order valence-electron chi connectivity index (χ1n) is 24.7. The van der Waals surface area contributed by atoms with Crippen LogP contribution < -0.4 is 25.6 Å². The van der Waals surface area contributed by atoms with Gasteiger partial charge in [0, 0.05) is 64.0 Å². The minimum atomic E-state index is -3.32. The maximum Gasteiger partial charge on any atom is 0.184 e. The predicted octanol–water partition coefficient (Wildman–Crippen LogP) is 15.7. The monoisotopic (exact) mass is 1080 g/mol. The van der Waals surface area contributed by atoms with Crippen molar-refractivity contribution < 1.29 is 0 Å². The van der Waals surface area contributed by atoms with Crippen LogP contribution in [0, 0.1) is 0 Å². The lowest BCUT2D eigenvalue weighted by molar-refractivity contribution is 1.16. The maximum absolute atomic E-state index is 4.27. The normalized spacial score (nSPS) is 13.2. The summed E-state index contributed by atoms with van der Waals surface area (Å²) in [4.78, 5) is 2.51. The lowest BCUT2D eigenvalue weighted by atomic mass is 10.1. The Morgan fingerprint density at radius 1 is 0.274 bits per heavy atom. The molecule has 4 heterocycles. The van der Waals surface area contributed by atoms with Gasteiger partial charge in [-0.1, -0.05) is 164 Å². The van der Waals surface area contributed by atoms with E-state index >= 15 is 0 Å². The number of para-hydroxylation sites is 8. The van der Waals surface area contributed by atoms with Crippen molar-refractivity contribution in [3.05, 3.63) is 264 Å². The van der Waals surface area contributed by atoms with Gasteiger partial charge in [0.25, 0.3) is 0 Å². The van der Waals surface area contributed by atoms with Crippen LogP contribution in [0.25, 0.3) is 82.5 Å². The van der Waals surface area contributed by atoms with Crippen molar-refractivity contribution in [1.82, 2.24) is 13.7 Å². The zero-order chi connectivity index (χ0) is 48.4. The predicted molar refractivity (Wildman–Crippen MR) is 317 cm³/mol. The van der Waals surface area contributed by atoms with E-state index in [-0.39, 0.29) is 0 Å². The molecular weight excluding hydrogens is 1040 g/mol. The zero-order valence-corrected chi connectivity index (χ0v) is 43.5. The van der Waals surface area contributed by atoms with E-state index in [4.69, 9.17) is 0 Å². The van der Waals surface area contributed by atoms with Gasteiger partial charge in [-0.05, 0) is 144 Å². The molecule has 0 fully saturated rings. The highest BCUT2D eigenvalue weighted by Gasteiger charge is 2.50. The van der Waals surface area contributed by atoms with Crippen molar-refractivity contribution in [2.45, 2.75) is 0 Å². The van der Waals surface area contributed by atoms with E-state index in [1.165, 1.54) is 86.2 Å². The minimum Gasteiger partial charge on any atom is -0.309 e. The van der Waals surface area contributed by atoms with Gasteiger partial charge in [-0.2, -0.15) is 0 Å². The smallest absolute Gasteiger partial charge is 0.184 e. The van der Waals surface area contributed by atoms with Crippen molar-refractivity contribution in [2.75, 3.05) is 4.90 Å². The largest absolute Gasteiger partial charge is 0.309 e. The second kappa shape index (κ2) is 16.4. The molecule has 0 N–H and O–H groups in total. The molecule has 0 saturated carbocycles. The molecule has 0 spiro atoms. The van der Waals surface area contributed by atoms with Gasteiger partial charge in [0.2, 0.25) is 0 Å². The molecule has 344 valence electrons. The number of nitrogens with zero attached hydrogens (tertiary/aromatic N) is 4. The Bertz CT molecular complexity index is 4260. The molecule has 7 heteroatoms. The molecule has 3 aromatic heterocycles. The molecule has 0 atom stereocenters. The number of benzene rings is 11. The summed E-state index contributed by atoms with van der Waals surface area (Å²) in [5.41, 5.74) is 13.8. The second-order valence-corrected chi connectivity index (χ2v) is 24.5. The van der Waals surface area contributed by atoms with Crippen LogP contribution in [0.3, 0.4) is 0 Å². The summed E-state index contributed by atoms with van der Waals surface area (Å²) >= 11 is 8.42. The van der Waals surface area contributed by atoms with E-state index in [0.29, 0.717) is 0 Å². The number of rotatable bonds is 6. The lowest BCUT2D eigenvalue weighted by Gasteiger charge is -2.45. The molecule has 11 aromatic carbocycles. The van der Waals surface area contributed by atoms with Crippen LogP contribution in [0.5, 0.6) is 0 Å². The minimum absolute atomic E-state index is 1.00. The van der Waals surface area contributed by atoms with Gasteiger partial charge < -0.3 is 18.6 Å². The summed E-state index contributed by atoms with van der Waals surface area (Å²) in [6.45, 7) is 0. The van der Waals surface area contributed by atoms with Crippen LogP contribution >= 0.6 is 31.9 Å². The van der Waals surface area contributed by atoms with Crippen molar-refractivity contribution in [2.24, 2.45) is 0 Å². The Morgan fingerprint density at radius 2 is 0.644 bits per heavy atom. The summed E-state index contributed by atoms with van der Waals surface area (Å²) in [5.74, 6) is 0. The molecule has 1 aliphatic rings. The molecule has 0 aliphatic carbocycles. The number of anilines is 3. The fourth-order valence-electron chi connectivity index (χ4n) is 12.5. The highest BCUT2D eigenvalue weighted by atomic mass is 79.9. The van der Waals surface area contributed by atoms with E-state index in [9.17, 15) is 0 Å². The lowest BCUT2D eigenvalue weighted by Crippen LogP contribution is -2.77. The number of aromatic nitrogens is 3. The molecule has 0 unspecified atom stereocenters. The van der Waals surface area contributed by atoms with Gasteiger partial charge in [-0.25, -0.2) is 0 Å². The Balaban J connectivity index is 1.03. The van der Waals surface area contributed by atoms with Gasteiger partial charge in [0.05, 0.1) is 44.5 Å². The van der Waals surface area contributed by atoms with Crippen LogP contribution in [0.2, 0.25) is 0 Å². The fourth-order valence-corrected chi connectivity index (χ4v) is 18.8. The molecule has 0 saturated heterocycles. The average Bonchev–Trinajstić information content (AvgIpc) is 4.09. The van der Waals surface area contributed by atoms with Crippen LogP contribution in [-0.4, -0.2) is 21.8 Å². The van der Waals surface area contributed by atoms with Gasteiger partial charge in [0.15, 0.2) is 8.07 Å². The Labute approximate surface area is 439 Å². The highest BCUT2D eigenvalue weighted by molar-refractivity contribution is 9.11. The first-order chi connectivity index (χ1) is 36.1. The Morgan fingerprint density at radius 3 is 1.10 bits per heavy atom. The van der Waals surface area contributed by atoms with Crippen molar-refractivity contribution in [3.8, 4) is 17.1 Å². The molecule has 1 aliphatic heterocycles. The third kappa shape index (κ3) is 6.10. The number of hydrogen-bond donors (Lipinski definition) is 0. The van der Waals surface area contributed by atoms with E-state index in [1.54, 1.807) is 0 Å². The molecule has 0 bridgehead atoms. The molecule has 73 heavy (non-hydrogen) atoms. The Hall–Kier alpha value is -8.20. The summed E-state index contributed by atoms with van der Waals surface area (Å²) in [6, 6.07) is 94.7. The van der Waals surface area contributed by atoms with E-state index in [2.05, 4.69) is 305 Å². The number of halogens is 2. The zero-order valence-electron chi connectivity index (χ0n) is 39.3. The van der Waals surface area contributed by atoms with E-state index < -0.39 is 8.07 Å². The number of fused-ring (bicyclic) bond motifs is 11. The summed E-state index contributed by atoms with van der Waals surface area (Å²) in [6.07, 6.45) is 0. The van der Waals surface area contributed by atoms with E-state index in [0.717, 1.165) is 43.1 Å². The Kier molecular flexibility index (Phi) is 9.55. The molecule has 0 amide bonds. The van der Waals surface area contributed by atoms with Crippen LogP contribution in [0.1, 0.15) is 0 Å². The average molecular weight is 1080 g/mol. The summed E-state index contributed by atoms with van der Waals surface area (Å²) < 4.78 is 9.37. The quantitative estimate of drug-likeness (QED) is 0.152. The third-order valence-electron chi connectivity index (χ3n) is 15.4. The van der Waals surface area contributed by atoms with Gasteiger partial charge >= 0.3 is 0 Å². The maximum atomic E-state index is 4.27. The second-order valence-electron chi connectivity index (χ2n) is 19.1. The third-order valence-corrected chi connectivity index (χ3v) is 21.5. The topological polar surface area (TPSA) is 18.0 Å². The first kappa shape index (κ1) is 42.5. The SMILES string of the molecule is Brc1ccc(-n2c3ccccc3c3ccccc32)cc1N1c2ccccc2[Si](c2cccc(-n3c4ccccc4c4ccccc43)c2)(c2cccc(-n3c4ccccc4c4ccccc43)c2)c2cccc(Br)c21. The summed E-state index contributed by atoms with van der Waals surface area (Å²) in [5, 5.41) is 12.7. The standard InChI is InChI=1S/C66H42Br2N4Si/c67-54-39-38-45(71-60-33-11-5-26-52(60)53-27-6-12-34-61(53)71)42-63(54)72-62-35-13-14-36-64(62)73(65-37-17-28-55(68)66(65)72,46-20-15-18-43(40-46)69-56-29-7-1-22-48(56)49-23-2-8-30-57(49)69)47-21-16-19-44(41-47)70-58-31-9-3-24-50(58)51-25-4-10-32-59(51)70/h1-42H. The molecule has 14 aromatic rings. The van der Waals surface area contributed by atoms with E-state index in [1.807, 2.05) is 0 Å². The number of hydrogen-bond acceptors (Lipinski definition) is 1. The van der Waals surface area contributed by atoms with Gasteiger partial charge in [-0.3, -0.25) is 0 Å². The van der Waals surface area contributed by atoms with Gasteiger partial charge in [-0.15, -0.1) is 0 Å². The van der Waals surface area contributed by atoms with Crippen molar-refractivity contribution >= 4 is 143 Å². The highest BCUT2D eigenvalue weighted by Crippen LogP contribution is 2.46. The molecule has 15 rings (SSSR count). The fraction of sp³-hybridized carbons (Fsp3) is 0. The molecule has 4 nitrogen and oxygen atoms in total. The van der Waals surface area contributed by atoms with Crippen LogP contribution in [0.4, 0.5) is 17.1 Å². The molecule has 0 radical (unpaired) electrons. The summed E-state index contributed by atoms with van der Waals surface area (Å²) in [7, 11) is -3.32. The first-order valence-corrected chi connectivity index (χ1v) is 28.3. The molecular formula is C66H42Br2N4Si. The van der Waals surface area contributed by atoms with Gasteiger partial charge in [0.1, 0.15) is 0 Å². The van der Waals surface area contributed by atoms with Crippen LogP contribution in [-0.2, 0) is 0 Å².